The van der Waals surface area contributed by atoms with Crippen LogP contribution in [0.15, 0.2) is 19.6 Å². The van der Waals surface area contributed by atoms with Gasteiger partial charge in [-0.05, 0) is 0 Å². The molecule has 1 aliphatic heterocycles. The third kappa shape index (κ3) is 4.60. The van der Waals surface area contributed by atoms with E-state index >= 15 is 0 Å². The Balaban J connectivity index is 2.20. The molecule has 1 aromatic rings. The first-order valence-corrected chi connectivity index (χ1v) is 8.71. The molecule has 0 spiro atoms. The minimum absolute atomic E-state index is 0.0148. The number of phosphoric acid groups is 1. The molecular formula is C10H14N5O6PS2. The van der Waals surface area contributed by atoms with Gasteiger partial charge < -0.3 is 25.9 Å². The van der Waals surface area contributed by atoms with Crippen molar-refractivity contribution in [2.75, 3.05) is 17.7 Å². The average Bonchev–Trinajstić information content (AvgIpc) is 2.50. The molecule has 2 atom stereocenters. The van der Waals surface area contributed by atoms with Gasteiger partial charge in [-0.15, -0.1) is 25.3 Å². The molecule has 2 rings (SSSR count). The van der Waals surface area contributed by atoms with Gasteiger partial charge in [-0.25, -0.2) is 9.56 Å². The van der Waals surface area contributed by atoms with Crippen molar-refractivity contribution in [1.29, 1.82) is 0 Å². The van der Waals surface area contributed by atoms with E-state index in [2.05, 4.69) is 50.1 Å². The van der Waals surface area contributed by atoms with Crippen LogP contribution >= 0.6 is 33.1 Å². The first kappa shape index (κ1) is 19.0. The van der Waals surface area contributed by atoms with E-state index in [4.69, 9.17) is 15.5 Å². The molecule has 7 N–H and O–H groups in total. The van der Waals surface area contributed by atoms with Crippen LogP contribution in [0.1, 0.15) is 0 Å². The number of H-pyrrole nitrogens is 1. The number of hydrogen-bond acceptors (Lipinski definition) is 10. The minimum Gasteiger partial charge on any atom is -0.385 e. The molecule has 0 aliphatic carbocycles. The van der Waals surface area contributed by atoms with Crippen molar-refractivity contribution in [1.82, 2.24) is 9.97 Å². The molecule has 0 bridgehead atoms. The van der Waals surface area contributed by atoms with Crippen molar-refractivity contribution in [3.05, 3.63) is 20.2 Å². The van der Waals surface area contributed by atoms with Crippen LogP contribution in [0.5, 0.6) is 0 Å². The predicted octanol–water partition coefficient (Wildman–Crippen LogP) is -0.610. The molecule has 1 aromatic heterocycles. The Labute approximate surface area is 146 Å². The van der Waals surface area contributed by atoms with Gasteiger partial charge in [-0.1, -0.05) is 0 Å². The first-order valence-electron chi connectivity index (χ1n) is 6.29. The molecule has 0 saturated heterocycles. The van der Waals surface area contributed by atoms with E-state index in [9.17, 15) is 14.5 Å². The zero-order valence-electron chi connectivity index (χ0n) is 11.8. The lowest BCUT2D eigenvalue weighted by Crippen LogP contribution is -2.31. The molecule has 0 fully saturated rings. The fourth-order valence-corrected chi connectivity index (χ4v) is 2.58. The standard InChI is InChI=1S/C10H14N5O6PS2/c11-10-14-8-5(9(17)15-10)13-3(1-12-8)6(23)7(24)4(16)2-21-22(18,19)20/h1,3-4,13,16,23-24H,2H2,(H2,18,19,20)(H3,11,14,15,17)/b7-6-. The number of phosphoric ester groups is 1. The number of nitrogens with zero attached hydrogens (tertiary/aromatic N) is 2. The Morgan fingerprint density at radius 3 is 2.79 bits per heavy atom. The quantitative estimate of drug-likeness (QED) is 0.238. The van der Waals surface area contributed by atoms with Gasteiger partial charge in [0.2, 0.25) is 5.95 Å². The van der Waals surface area contributed by atoms with E-state index in [0.29, 0.717) is 0 Å². The van der Waals surface area contributed by atoms with Crippen molar-refractivity contribution in [3.8, 4) is 0 Å². The van der Waals surface area contributed by atoms with Crippen LogP contribution in [0, 0.1) is 0 Å². The molecule has 0 amide bonds. The lowest BCUT2D eigenvalue weighted by molar-refractivity contribution is 0.111. The van der Waals surface area contributed by atoms with Gasteiger partial charge >= 0.3 is 7.82 Å². The van der Waals surface area contributed by atoms with Crippen molar-refractivity contribution >= 4 is 56.7 Å². The smallest absolute Gasteiger partial charge is 0.385 e. The Morgan fingerprint density at radius 1 is 1.50 bits per heavy atom. The fourth-order valence-electron chi connectivity index (χ4n) is 1.76. The number of aromatic amines is 1. The highest BCUT2D eigenvalue weighted by atomic mass is 32.1. The molecular weight excluding hydrogens is 381 g/mol. The number of rotatable bonds is 5. The summed E-state index contributed by atoms with van der Waals surface area (Å²) < 4.78 is 14.8. The van der Waals surface area contributed by atoms with E-state index in [-0.39, 0.29) is 27.3 Å². The van der Waals surface area contributed by atoms with Crippen LogP contribution < -0.4 is 16.6 Å². The van der Waals surface area contributed by atoms with Gasteiger partial charge in [0.1, 0.15) is 11.8 Å². The number of nitrogen functional groups attached to an aromatic ring is 1. The molecule has 0 aromatic carbocycles. The number of nitrogens with two attached hydrogens (primary N) is 1. The third-order valence-electron chi connectivity index (χ3n) is 2.84. The van der Waals surface area contributed by atoms with Gasteiger partial charge in [0.25, 0.3) is 5.56 Å². The number of aliphatic imine (C=N–C) groups is 1. The highest BCUT2D eigenvalue weighted by molar-refractivity contribution is 7.88. The van der Waals surface area contributed by atoms with Crippen LogP contribution in [-0.4, -0.2) is 49.8 Å². The number of aliphatic hydroxyl groups excluding tert-OH is 1. The third-order valence-corrected chi connectivity index (χ3v) is 4.56. The second kappa shape index (κ2) is 7.27. The molecule has 1 aliphatic rings. The Morgan fingerprint density at radius 2 is 2.17 bits per heavy atom. The molecule has 2 heterocycles. The summed E-state index contributed by atoms with van der Waals surface area (Å²) in [5.41, 5.74) is 4.94. The molecule has 0 radical (unpaired) electrons. The number of nitrogens with one attached hydrogen (secondary N) is 2. The summed E-state index contributed by atoms with van der Waals surface area (Å²) in [6.45, 7) is -0.688. The summed E-state index contributed by atoms with van der Waals surface area (Å²) in [5, 5.41) is 12.6. The highest BCUT2D eigenvalue weighted by Gasteiger charge is 2.25. The molecule has 132 valence electrons. The minimum atomic E-state index is -4.73. The Kier molecular flexibility index (Phi) is 5.75. The first-order chi connectivity index (χ1) is 11.1. The Hall–Kier alpha value is -1.34. The lowest BCUT2D eigenvalue weighted by Gasteiger charge is -2.23. The van der Waals surface area contributed by atoms with Crippen LogP contribution in [0.25, 0.3) is 0 Å². The van der Waals surface area contributed by atoms with Crippen molar-refractivity contribution in [2.24, 2.45) is 4.99 Å². The van der Waals surface area contributed by atoms with Gasteiger partial charge in [0, 0.05) is 16.0 Å². The number of hydrogen-bond donors (Lipinski definition) is 8. The zero-order chi connectivity index (χ0) is 18.1. The summed E-state index contributed by atoms with van der Waals surface area (Å²) in [4.78, 5) is 39.4. The SMILES string of the molecule is Nc1nc2c(c(=O)[nH]1)NC(/C(S)=C(/S)C(O)COP(=O)(O)O)C=N2. The normalized spacial score (nSPS) is 19.3. The summed E-state index contributed by atoms with van der Waals surface area (Å²) in [7, 11) is -4.73. The van der Waals surface area contributed by atoms with E-state index in [0.717, 1.165) is 0 Å². The van der Waals surface area contributed by atoms with E-state index in [1.54, 1.807) is 0 Å². The van der Waals surface area contributed by atoms with Crippen LogP contribution in [-0.2, 0) is 9.09 Å². The summed E-state index contributed by atoms with van der Waals surface area (Å²) in [6.07, 6.45) is -0.0727. The van der Waals surface area contributed by atoms with E-state index in [1.807, 2.05) is 0 Å². The monoisotopic (exact) mass is 395 g/mol. The number of aliphatic hydroxyl groups is 1. The zero-order valence-corrected chi connectivity index (χ0v) is 14.5. The van der Waals surface area contributed by atoms with Crippen molar-refractivity contribution in [3.63, 3.8) is 0 Å². The molecule has 24 heavy (non-hydrogen) atoms. The van der Waals surface area contributed by atoms with E-state index in [1.165, 1.54) is 6.21 Å². The Bertz CT molecular complexity index is 805. The van der Waals surface area contributed by atoms with Crippen LogP contribution in [0.4, 0.5) is 17.5 Å². The van der Waals surface area contributed by atoms with Crippen LogP contribution in [0.3, 0.4) is 0 Å². The van der Waals surface area contributed by atoms with Crippen molar-refractivity contribution in [2.45, 2.75) is 12.1 Å². The van der Waals surface area contributed by atoms with Crippen molar-refractivity contribution < 1.29 is 24.0 Å². The predicted molar refractivity (Wildman–Crippen MR) is 93.8 cm³/mol. The molecule has 14 heteroatoms. The molecule has 2 unspecified atom stereocenters. The summed E-state index contributed by atoms with van der Waals surface area (Å²) in [5.74, 6) is 0.0115. The molecule has 0 saturated carbocycles. The topological polar surface area (TPSA) is 183 Å². The van der Waals surface area contributed by atoms with Gasteiger partial charge in [0.15, 0.2) is 5.82 Å². The fraction of sp³-hybridized carbons (Fsp3) is 0.300. The largest absolute Gasteiger partial charge is 0.469 e. The van der Waals surface area contributed by atoms with Gasteiger partial charge in [-0.3, -0.25) is 14.3 Å². The maximum Gasteiger partial charge on any atom is 0.469 e. The second-order valence-corrected chi connectivity index (χ2v) is 6.83. The maximum absolute atomic E-state index is 11.8. The highest BCUT2D eigenvalue weighted by Crippen LogP contribution is 2.36. The maximum atomic E-state index is 11.8. The molecule has 11 nitrogen and oxygen atoms in total. The van der Waals surface area contributed by atoms with Gasteiger partial charge in [-0.2, -0.15) is 4.98 Å². The number of aromatic nitrogens is 2. The van der Waals surface area contributed by atoms with Gasteiger partial charge in [0.05, 0.1) is 12.6 Å². The van der Waals surface area contributed by atoms with E-state index < -0.39 is 32.1 Å². The number of fused-ring (bicyclic) bond motifs is 1. The number of anilines is 2. The van der Waals surface area contributed by atoms with Crippen LogP contribution in [0.2, 0.25) is 0 Å². The summed E-state index contributed by atoms with van der Waals surface area (Å²) in [6, 6.07) is -0.718. The number of thiol groups is 2. The second-order valence-electron chi connectivity index (χ2n) is 4.62. The summed E-state index contributed by atoms with van der Waals surface area (Å²) >= 11 is 8.27. The average molecular weight is 395 g/mol. The lowest BCUT2D eigenvalue weighted by atomic mass is 10.2.